The molecule has 152 valence electrons. The van der Waals surface area contributed by atoms with Crippen LogP contribution in [0, 0.1) is 11.7 Å². The largest absolute Gasteiger partial charge is 0.381 e. The van der Waals surface area contributed by atoms with E-state index in [0.29, 0.717) is 0 Å². The van der Waals surface area contributed by atoms with E-state index >= 15 is 0 Å². The summed E-state index contributed by atoms with van der Waals surface area (Å²) in [6.45, 7) is 6.06. The monoisotopic (exact) mass is 387 g/mol. The van der Waals surface area contributed by atoms with E-state index in [4.69, 9.17) is 4.74 Å². The van der Waals surface area contributed by atoms with E-state index in [0.717, 1.165) is 68.9 Å². The molecule has 1 aliphatic carbocycles. The Bertz CT molecular complexity index is 740. The Morgan fingerprint density at radius 2 is 2.07 bits per heavy atom. The molecule has 0 unspecified atom stereocenters. The molecule has 0 aliphatic heterocycles. The minimum absolute atomic E-state index is 0.245. The van der Waals surface area contributed by atoms with Crippen molar-refractivity contribution in [3.05, 3.63) is 48.0 Å². The van der Waals surface area contributed by atoms with Crippen molar-refractivity contribution in [3.63, 3.8) is 0 Å². The van der Waals surface area contributed by atoms with Crippen LogP contribution in [-0.4, -0.2) is 48.6 Å². The van der Waals surface area contributed by atoms with E-state index < -0.39 is 0 Å². The number of aromatic nitrogens is 2. The van der Waals surface area contributed by atoms with E-state index in [1.807, 2.05) is 12.3 Å². The second-order valence-corrected chi connectivity index (χ2v) is 7.04. The van der Waals surface area contributed by atoms with Gasteiger partial charge in [-0.1, -0.05) is 0 Å². The lowest BCUT2D eigenvalue weighted by Crippen LogP contribution is -2.38. The number of hydrogen-bond acceptors (Lipinski definition) is 3. The molecule has 0 amide bonds. The zero-order chi connectivity index (χ0) is 19.6. The summed E-state index contributed by atoms with van der Waals surface area (Å²) >= 11 is 0. The summed E-state index contributed by atoms with van der Waals surface area (Å²) in [4.78, 5) is 4.59. The number of aliphatic imine (C=N–C) groups is 1. The van der Waals surface area contributed by atoms with Gasteiger partial charge in [0.15, 0.2) is 5.96 Å². The van der Waals surface area contributed by atoms with Crippen LogP contribution in [0.2, 0.25) is 0 Å². The minimum Gasteiger partial charge on any atom is -0.381 e. The first-order valence-corrected chi connectivity index (χ1v) is 10.1. The molecule has 3 rings (SSSR count). The average Bonchev–Trinajstić information content (AvgIpc) is 3.41. The summed E-state index contributed by atoms with van der Waals surface area (Å²) in [5, 5.41) is 11.2. The third-order valence-corrected chi connectivity index (χ3v) is 4.52. The number of ether oxygens (including phenoxy) is 1. The molecule has 2 N–H and O–H groups in total. The summed E-state index contributed by atoms with van der Waals surface area (Å²) < 4.78 is 20.4. The minimum atomic E-state index is -0.245. The van der Waals surface area contributed by atoms with Crippen molar-refractivity contribution < 1.29 is 9.13 Å². The van der Waals surface area contributed by atoms with Gasteiger partial charge in [-0.05, 0) is 62.4 Å². The fourth-order valence-electron chi connectivity index (χ4n) is 2.78. The van der Waals surface area contributed by atoms with Gasteiger partial charge >= 0.3 is 0 Å². The van der Waals surface area contributed by atoms with Crippen LogP contribution in [0.4, 0.5) is 4.39 Å². The highest BCUT2D eigenvalue weighted by atomic mass is 19.1. The maximum atomic E-state index is 13.0. The molecule has 0 bridgehead atoms. The Hall–Kier alpha value is -2.41. The highest BCUT2D eigenvalue weighted by molar-refractivity contribution is 5.79. The Morgan fingerprint density at radius 1 is 1.25 bits per heavy atom. The predicted octanol–water partition coefficient (Wildman–Crippen LogP) is 2.93. The van der Waals surface area contributed by atoms with Gasteiger partial charge in [-0.3, -0.25) is 4.99 Å². The third-order valence-electron chi connectivity index (χ3n) is 4.52. The maximum Gasteiger partial charge on any atom is 0.191 e. The van der Waals surface area contributed by atoms with Gasteiger partial charge in [0.25, 0.3) is 0 Å². The Kier molecular flexibility index (Phi) is 7.84. The van der Waals surface area contributed by atoms with Crippen LogP contribution in [0.25, 0.3) is 5.69 Å². The Balaban J connectivity index is 1.38. The standard InChI is InChI=1S/C21H30FN5O/c1-2-23-21(24-12-3-15-28-16-17-4-5-17)25-13-10-19-11-14-27(26-19)20-8-6-18(22)7-9-20/h6-9,11,14,17H,2-5,10,12-13,15-16H2,1H3,(H2,23,24,25). The Labute approximate surface area is 166 Å². The molecule has 1 aliphatic rings. The number of halogens is 1. The fraction of sp³-hybridized carbons (Fsp3) is 0.524. The molecule has 1 heterocycles. The van der Waals surface area contributed by atoms with E-state index in [-0.39, 0.29) is 5.82 Å². The Morgan fingerprint density at radius 3 is 2.82 bits per heavy atom. The number of hydrogen-bond donors (Lipinski definition) is 2. The van der Waals surface area contributed by atoms with Gasteiger partial charge in [0, 0.05) is 45.5 Å². The fourth-order valence-corrected chi connectivity index (χ4v) is 2.78. The van der Waals surface area contributed by atoms with E-state index in [2.05, 4.69) is 27.6 Å². The molecule has 28 heavy (non-hydrogen) atoms. The summed E-state index contributed by atoms with van der Waals surface area (Å²) in [6.07, 6.45) is 6.27. The van der Waals surface area contributed by atoms with Gasteiger partial charge in [-0.25, -0.2) is 9.07 Å². The van der Waals surface area contributed by atoms with Gasteiger partial charge in [0.1, 0.15) is 5.82 Å². The predicted molar refractivity (Wildman–Crippen MR) is 109 cm³/mol. The summed E-state index contributed by atoms with van der Waals surface area (Å²) in [7, 11) is 0. The van der Waals surface area contributed by atoms with E-state index in [9.17, 15) is 4.39 Å². The van der Waals surface area contributed by atoms with Crippen LogP contribution < -0.4 is 10.6 Å². The average molecular weight is 388 g/mol. The van der Waals surface area contributed by atoms with Crippen molar-refractivity contribution in [3.8, 4) is 5.69 Å². The second-order valence-electron chi connectivity index (χ2n) is 7.04. The summed E-state index contributed by atoms with van der Waals surface area (Å²) in [5.41, 5.74) is 1.82. The lowest BCUT2D eigenvalue weighted by molar-refractivity contribution is 0.123. The number of guanidine groups is 1. The maximum absolute atomic E-state index is 13.0. The zero-order valence-corrected chi connectivity index (χ0v) is 16.5. The number of nitrogens with one attached hydrogen (secondary N) is 2. The molecule has 1 saturated carbocycles. The van der Waals surface area contributed by atoms with Crippen molar-refractivity contribution in [2.75, 3.05) is 32.8 Å². The highest BCUT2D eigenvalue weighted by Crippen LogP contribution is 2.28. The molecule has 1 fully saturated rings. The third kappa shape index (κ3) is 6.96. The van der Waals surface area contributed by atoms with Crippen molar-refractivity contribution in [2.45, 2.75) is 32.6 Å². The first-order chi connectivity index (χ1) is 13.7. The zero-order valence-electron chi connectivity index (χ0n) is 16.5. The molecular weight excluding hydrogens is 357 g/mol. The van der Waals surface area contributed by atoms with Crippen molar-refractivity contribution in [1.82, 2.24) is 20.4 Å². The van der Waals surface area contributed by atoms with Crippen LogP contribution in [0.15, 0.2) is 41.5 Å². The normalized spacial score (nSPS) is 14.3. The highest BCUT2D eigenvalue weighted by Gasteiger charge is 2.20. The van der Waals surface area contributed by atoms with Crippen LogP contribution >= 0.6 is 0 Å². The smallest absolute Gasteiger partial charge is 0.191 e. The first kappa shape index (κ1) is 20.3. The SMILES string of the molecule is CCNC(=NCCCOCC1CC1)NCCc1ccn(-c2ccc(F)cc2)n1. The van der Waals surface area contributed by atoms with Crippen LogP contribution in [-0.2, 0) is 11.2 Å². The summed E-state index contributed by atoms with van der Waals surface area (Å²) in [6, 6.07) is 8.29. The molecule has 0 atom stereocenters. The molecule has 0 saturated heterocycles. The lowest BCUT2D eigenvalue weighted by Gasteiger charge is -2.10. The number of benzene rings is 1. The molecule has 1 aromatic heterocycles. The summed E-state index contributed by atoms with van der Waals surface area (Å²) in [5.74, 6) is 1.39. The van der Waals surface area contributed by atoms with Crippen molar-refractivity contribution in [2.24, 2.45) is 10.9 Å². The van der Waals surface area contributed by atoms with Crippen molar-refractivity contribution >= 4 is 5.96 Å². The first-order valence-electron chi connectivity index (χ1n) is 10.1. The molecule has 6 nitrogen and oxygen atoms in total. The molecule has 7 heteroatoms. The lowest BCUT2D eigenvalue weighted by atomic mass is 10.3. The van der Waals surface area contributed by atoms with Gasteiger partial charge in [-0.2, -0.15) is 5.10 Å². The quantitative estimate of drug-likeness (QED) is 0.354. The van der Waals surface area contributed by atoms with E-state index in [1.165, 1.54) is 25.0 Å². The van der Waals surface area contributed by atoms with Crippen LogP contribution in [0.3, 0.4) is 0 Å². The van der Waals surface area contributed by atoms with Crippen molar-refractivity contribution in [1.29, 1.82) is 0 Å². The van der Waals surface area contributed by atoms with Crippen LogP contribution in [0.1, 0.15) is 31.9 Å². The molecule has 0 radical (unpaired) electrons. The topological polar surface area (TPSA) is 63.5 Å². The number of rotatable bonds is 11. The van der Waals surface area contributed by atoms with E-state index in [1.54, 1.807) is 16.8 Å². The van der Waals surface area contributed by atoms with Gasteiger partial charge in [0.2, 0.25) is 0 Å². The van der Waals surface area contributed by atoms with Gasteiger partial charge < -0.3 is 15.4 Å². The second kappa shape index (κ2) is 10.8. The molecule has 2 aromatic rings. The molecule has 0 spiro atoms. The van der Waals surface area contributed by atoms with Gasteiger partial charge in [0.05, 0.1) is 11.4 Å². The van der Waals surface area contributed by atoms with Gasteiger partial charge in [-0.15, -0.1) is 0 Å². The number of nitrogens with zero attached hydrogens (tertiary/aromatic N) is 3. The molecular formula is C21H30FN5O. The van der Waals surface area contributed by atoms with Crippen LogP contribution in [0.5, 0.6) is 0 Å². The molecule has 1 aromatic carbocycles.